The molecule has 0 fully saturated rings. The molecule has 0 amide bonds. The summed E-state index contributed by atoms with van der Waals surface area (Å²) in [6.07, 6.45) is 3.83. The van der Waals surface area contributed by atoms with Crippen LogP contribution in [0, 0.1) is 0 Å². The van der Waals surface area contributed by atoms with E-state index in [0.717, 1.165) is 16.3 Å². The molecule has 2 rings (SSSR count). The number of hydrogen-bond acceptors (Lipinski definition) is 2. The maximum absolute atomic E-state index is 6.09. The van der Waals surface area contributed by atoms with Crippen LogP contribution in [0.5, 0.6) is 0 Å². The van der Waals surface area contributed by atoms with Gasteiger partial charge < -0.3 is 5.32 Å². The maximum atomic E-state index is 6.09. The molecule has 0 saturated heterocycles. The summed E-state index contributed by atoms with van der Waals surface area (Å²) in [7, 11) is 0. The number of halogens is 1. The minimum absolute atomic E-state index is 0.380. The van der Waals surface area contributed by atoms with Gasteiger partial charge in [-0.3, -0.25) is 4.68 Å². The van der Waals surface area contributed by atoms with Gasteiger partial charge in [-0.15, -0.1) is 0 Å². The van der Waals surface area contributed by atoms with Gasteiger partial charge in [-0.25, -0.2) is 0 Å². The van der Waals surface area contributed by atoms with E-state index in [1.165, 1.54) is 0 Å². The normalized spacial score (nSPS) is 10.8. The van der Waals surface area contributed by atoms with Crippen LogP contribution >= 0.6 is 11.6 Å². The summed E-state index contributed by atoms with van der Waals surface area (Å²) in [5, 5.41) is 8.37. The Hall–Kier alpha value is -1.48. The molecule has 0 aliphatic carbocycles. The highest BCUT2D eigenvalue weighted by atomic mass is 35.5. The zero-order chi connectivity index (χ0) is 12.3. The lowest BCUT2D eigenvalue weighted by atomic mass is 10.2. The molecule has 4 heteroatoms. The molecule has 1 aromatic carbocycles. The van der Waals surface area contributed by atoms with E-state index in [9.17, 15) is 0 Å². The van der Waals surface area contributed by atoms with E-state index >= 15 is 0 Å². The summed E-state index contributed by atoms with van der Waals surface area (Å²) in [6, 6.07) is 8.22. The van der Waals surface area contributed by atoms with Crippen LogP contribution in [0.4, 0.5) is 5.69 Å². The van der Waals surface area contributed by atoms with Crippen molar-refractivity contribution in [2.45, 2.75) is 26.4 Å². The SMILES string of the molecule is CC(C)n1cc(NCc2ccccc2Cl)cn1. The van der Waals surface area contributed by atoms with Crippen molar-refractivity contribution in [3.8, 4) is 0 Å². The summed E-state index contributed by atoms with van der Waals surface area (Å²) >= 11 is 6.09. The number of nitrogens with zero attached hydrogens (tertiary/aromatic N) is 2. The second-order valence-corrected chi connectivity index (χ2v) is 4.65. The Balaban J connectivity index is 2.00. The van der Waals surface area contributed by atoms with Gasteiger partial charge in [0, 0.05) is 23.8 Å². The molecule has 0 aliphatic rings. The number of hydrogen-bond donors (Lipinski definition) is 1. The Kier molecular flexibility index (Phi) is 3.69. The second-order valence-electron chi connectivity index (χ2n) is 4.25. The van der Waals surface area contributed by atoms with E-state index in [0.29, 0.717) is 12.6 Å². The minimum Gasteiger partial charge on any atom is -0.378 e. The summed E-state index contributed by atoms with van der Waals surface area (Å²) < 4.78 is 1.93. The predicted molar refractivity (Wildman–Crippen MR) is 71.4 cm³/mol. The number of nitrogens with one attached hydrogen (secondary N) is 1. The van der Waals surface area contributed by atoms with Crippen LogP contribution in [0.1, 0.15) is 25.5 Å². The minimum atomic E-state index is 0.380. The van der Waals surface area contributed by atoms with Crippen molar-refractivity contribution in [3.63, 3.8) is 0 Å². The lowest BCUT2D eigenvalue weighted by Crippen LogP contribution is -2.01. The topological polar surface area (TPSA) is 29.9 Å². The van der Waals surface area contributed by atoms with Crippen LogP contribution in [0.2, 0.25) is 5.02 Å². The molecule has 0 aliphatic heterocycles. The Morgan fingerprint density at radius 2 is 2.12 bits per heavy atom. The van der Waals surface area contributed by atoms with Crippen LogP contribution < -0.4 is 5.32 Å². The zero-order valence-corrected chi connectivity index (χ0v) is 10.8. The Morgan fingerprint density at radius 3 is 2.76 bits per heavy atom. The first kappa shape index (κ1) is 12.0. The van der Waals surface area contributed by atoms with Gasteiger partial charge in [0.15, 0.2) is 0 Å². The molecule has 1 heterocycles. The third-order valence-electron chi connectivity index (χ3n) is 2.57. The van der Waals surface area contributed by atoms with Crippen molar-refractivity contribution >= 4 is 17.3 Å². The molecular weight excluding hydrogens is 234 g/mol. The highest BCUT2D eigenvalue weighted by molar-refractivity contribution is 6.31. The van der Waals surface area contributed by atoms with E-state index in [4.69, 9.17) is 11.6 Å². The Bertz CT molecular complexity index is 491. The second kappa shape index (κ2) is 5.23. The van der Waals surface area contributed by atoms with E-state index in [2.05, 4.69) is 24.3 Å². The summed E-state index contributed by atoms with van der Waals surface area (Å²) in [5.74, 6) is 0. The van der Waals surface area contributed by atoms with Crippen molar-refractivity contribution in [1.82, 2.24) is 9.78 Å². The van der Waals surface area contributed by atoms with E-state index in [1.807, 2.05) is 41.3 Å². The molecule has 0 radical (unpaired) electrons. The molecule has 90 valence electrons. The van der Waals surface area contributed by atoms with Crippen LogP contribution in [0.3, 0.4) is 0 Å². The summed E-state index contributed by atoms with van der Waals surface area (Å²) in [5.41, 5.74) is 2.10. The fourth-order valence-electron chi connectivity index (χ4n) is 1.55. The van der Waals surface area contributed by atoms with Gasteiger partial charge >= 0.3 is 0 Å². The fourth-order valence-corrected chi connectivity index (χ4v) is 1.75. The predicted octanol–water partition coefficient (Wildman–Crippen LogP) is 3.73. The number of aromatic nitrogens is 2. The van der Waals surface area contributed by atoms with E-state index in [-0.39, 0.29) is 0 Å². The average molecular weight is 250 g/mol. The molecule has 0 spiro atoms. The standard InChI is InChI=1S/C13H16ClN3/c1-10(2)17-9-12(8-16-17)15-7-11-5-3-4-6-13(11)14/h3-6,8-10,15H,7H2,1-2H3. The quantitative estimate of drug-likeness (QED) is 0.895. The number of anilines is 1. The molecule has 0 bridgehead atoms. The molecule has 0 unspecified atom stereocenters. The largest absolute Gasteiger partial charge is 0.378 e. The number of benzene rings is 1. The first-order chi connectivity index (χ1) is 8.16. The highest BCUT2D eigenvalue weighted by Gasteiger charge is 2.02. The van der Waals surface area contributed by atoms with Crippen molar-refractivity contribution in [2.24, 2.45) is 0 Å². The van der Waals surface area contributed by atoms with E-state index in [1.54, 1.807) is 0 Å². The van der Waals surface area contributed by atoms with Crippen LogP contribution in [0.15, 0.2) is 36.7 Å². The first-order valence-corrected chi connectivity index (χ1v) is 6.06. The molecule has 0 atom stereocenters. The zero-order valence-electron chi connectivity index (χ0n) is 10.0. The van der Waals surface area contributed by atoms with Gasteiger partial charge in [-0.2, -0.15) is 5.10 Å². The monoisotopic (exact) mass is 249 g/mol. The van der Waals surface area contributed by atoms with Gasteiger partial charge in [0.05, 0.1) is 11.9 Å². The lowest BCUT2D eigenvalue weighted by Gasteiger charge is -2.06. The highest BCUT2D eigenvalue weighted by Crippen LogP contribution is 2.17. The third kappa shape index (κ3) is 3.01. The molecule has 1 N–H and O–H groups in total. The van der Waals surface area contributed by atoms with Gasteiger partial charge in [0.2, 0.25) is 0 Å². The van der Waals surface area contributed by atoms with Crippen molar-refractivity contribution in [3.05, 3.63) is 47.2 Å². The molecule has 0 saturated carbocycles. The fraction of sp³-hybridized carbons (Fsp3) is 0.308. The molecule has 3 nitrogen and oxygen atoms in total. The van der Waals surface area contributed by atoms with Crippen molar-refractivity contribution in [2.75, 3.05) is 5.32 Å². The third-order valence-corrected chi connectivity index (χ3v) is 2.94. The molecule has 1 aromatic heterocycles. The molecule has 17 heavy (non-hydrogen) atoms. The van der Waals surface area contributed by atoms with Crippen LogP contribution in [-0.4, -0.2) is 9.78 Å². The van der Waals surface area contributed by atoms with Gasteiger partial charge in [0.1, 0.15) is 0 Å². The molecular formula is C13H16ClN3. The number of rotatable bonds is 4. The Morgan fingerprint density at radius 1 is 1.35 bits per heavy atom. The summed E-state index contributed by atoms with van der Waals surface area (Å²) in [6.45, 7) is 4.92. The van der Waals surface area contributed by atoms with Crippen molar-refractivity contribution in [1.29, 1.82) is 0 Å². The first-order valence-electron chi connectivity index (χ1n) is 5.68. The van der Waals surface area contributed by atoms with Gasteiger partial charge in [-0.1, -0.05) is 29.8 Å². The lowest BCUT2D eigenvalue weighted by molar-refractivity contribution is 0.532. The van der Waals surface area contributed by atoms with Crippen LogP contribution in [-0.2, 0) is 6.54 Å². The van der Waals surface area contributed by atoms with Gasteiger partial charge in [0.25, 0.3) is 0 Å². The maximum Gasteiger partial charge on any atom is 0.0729 e. The Labute approximate surface area is 106 Å². The van der Waals surface area contributed by atoms with Crippen LogP contribution in [0.25, 0.3) is 0 Å². The average Bonchev–Trinajstić information content (AvgIpc) is 2.77. The summed E-state index contributed by atoms with van der Waals surface area (Å²) in [4.78, 5) is 0. The van der Waals surface area contributed by atoms with Gasteiger partial charge in [-0.05, 0) is 25.5 Å². The van der Waals surface area contributed by atoms with E-state index < -0.39 is 0 Å². The smallest absolute Gasteiger partial charge is 0.0729 e. The van der Waals surface area contributed by atoms with Crippen molar-refractivity contribution < 1.29 is 0 Å². The molecule has 2 aromatic rings.